The molecule has 1 aromatic rings. The molecule has 0 amide bonds. The van der Waals surface area contributed by atoms with Crippen LogP contribution in [0.25, 0.3) is 0 Å². The molecule has 1 aliphatic carbocycles. The molecule has 1 saturated carbocycles. The monoisotopic (exact) mass is 196 g/mol. The zero-order chi connectivity index (χ0) is 9.26. The first-order chi connectivity index (χ1) is 6.31. The summed E-state index contributed by atoms with van der Waals surface area (Å²) in [6.45, 7) is 3.22. The summed E-state index contributed by atoms with van der Waals surface area (Å²) in [7, 11) is 0. The van der Waals surface area contributed by atoms with Gasteiger partial charge in [-0.2, -0.15) is 0 Å². The largest absolute Gasteiger partial charge is 0.369 e. The molecule has 1 fully saturated rings. The van der Waals surface area contributed by atoms with Crippen molar-refractivity contribution >= 4 is 17.3 Å². The molecule has 0 radical (unpaired) electrons. The van der Waals surface area contributed by atoms with Crippen molar-refractivity contribution in [2.45, 2.75) is 25.8 Å². The summed E-state index contributed by atoms with van der Waals surface area (Å²) in [5.41, 5.74) is 1.20. The molecule has 1 heterocycles. The lowest BCUT2D eigenvalue weighted by molar-refractivity contribution is 0.825. The van der Waals surface area contributed by atoms with Crippen LogP contribution in [0.4, 0.5) is 5.69 Å². The first-order valence-electron chi connectivity index (χ1n) is 4.69. The van der Waals surface area contributed by atoms with E-state index in [4.69, 9.17) is 11.6 Å². The van der Waals surface area contributed by atoms with Gasteiger partial charge < -0.3 is 4.90 Å². The van der Waals surface area contributed by atoms with Crippen LogP contribution < -0.4 is 4.90 Å². The molecule has 1 aliphatic rings. The Morgan fingerprint density at radius 2 is 2.38 bits per heavy atom. The first-order valence-corrected chi connectivity index (χ1v) is 5.07. The number of nitrogens with zero attached hydrogens (tertiary/aromatic N) is 2. The molecule has 1 aromatic heterocycles. The van der Waals surface area contributed by atoms with E-state index in [1.165, 1.54) is 18.5 Å². The summed E-state index contributed by atoms with van der Waals surface area (Å²) in [5.74, 6) is 0. The lowest BCUT2D eigenvalue weighted by Crippen LogP contribution is -2.24. The number of hydrogen-bond donors (Lipinski definition) is 0. The highest BCUT2D eigenvalue weighted by Crippen LogP contribution is 2.31. The minimum atomic E-state index is 0.580. The average molecular weight is 197 g/mol. The van der Waals surface area contributed by atoms with E-state index < -0.39 is 0 Å². The number of anilines is 1. The fourth-order valence-electron chi connectivity index (χ4n) is 1.61. The minimum absolute atomic E-state index is 0.580. The Hall–Kier alpha value is -0.760. The quantitative estimate of drug-likeness (QED) is 0.692. The molecule has 2 nitrogen and oxygen atoms in total. The molecular formula is C10H13ClN2. The molecule has 0 unspecified atom stereocenters. The van der Waals surface area contributed by atoms with Crippen LogP contribution in [-0.2, 0) is 0 Å². The highest BCUT2D eigenvalue weighted by molar-refractivity contribution is 6.29. The van der Waals surface area contributed by atoms with E-state index in [0.29, 0.717) is 5.15 Å². The molecular weight excluding hydrogens is 184 g/mol. The van der Waals surface area contributed by atoms with Gasteiger partial charge in [0.05, 0.1) is 0 Å². The lowest BCUT2D eigenvalue weighted by Gasteiger charge is -2.22. The van der Waals surface area contributed by atoms with Gasteiger partial charge in [0.25, 0.3) is 0 Å². The summed E-state index contributed by atoms with van der Waals surface area (Å²) >= 11 is 5.83. The number of hydrogen-bond acceptors (Lipinski definition) is 2. The third kappa shape index (κ3) is 1.94. The smallest absolute Gasteiger partial charge is 0.131 e. The molecule has 3 heteroatoms. The van der Waals surface area contributed by atoms with Crippen molar-refractivity contribution in [3.05, 3.63) is 23.5 Å². The highest BCUT2D eigenvalue weighted by atomic mass is 35.5. The van der Waals surface area contributed by atoms with Crippen molar-refractivity contribution in [1.29, 1.82) is 0 Å². The van der Waals surface area contributed by atoms with Crippen molar-refractivity contribution in [2.75, 3.05) is 11.4 Å². The van der Waals surface area contributed by atoms with Crippen molar-refractivity contribution in [2.24, 2.45) is 0 Å². The Morgan fingerprint density at radius 3 is 2.92 bits per heavy atom. The SMILES string of the molecule is CCN(c1ccnc(Cl)c1)C1CC1. The van der Waals surface area contributed by atoms with E-state index in [-0.39, 0.29) is 0 Å². The van der Waals surface area contributed by atoms with Crippen LogP contribution >= 0.6 is 11.6 Å². The van der Waals surface area contributed by atoms with E-state index in [2.05, 4.69) is 16.8 Å². The Labute approximate surface area is 83.5 Å². The van der Waals surface area contributed by atoms with Gasteiger partial charge in [-0.05, 0) is 31.9 Å². The van der Waals surface area contributed by atoms with Gasteiger partial charge in [0.2, 0.25) is 0 Å². The molecule has 70 valence electrons. The van der Waals surface area contributed by atoms with Crippen LogP contribution in [0, 0.1) is 0 Å². The second-order valence-electron chi connectivity index (χ2n) is 3.35. The minimum Gasteiger partial charge on any atom is -0.369 e. The first kappa shape index (κ1) is 8.82. The normalized spacial score (nSPS) is 15.8. The van der Waals surface area contributed by atoms with Gasteiger partial charge in [-0.1, -0.05) is 11.6 Å². The second-order valence-corrected chi connectivity index (χ2v) is 3.74. The third-order valence-corrected chi connectivity index (χ3v) is 2.58. The summed E-state index contributed by atoms with van der Waals surface area (Å²) in [4.78, 5) is 6.36. The van der Waals surface area contributed by atoms with Gasteiger partial charge in [0.1, 0.15) is 5.15 Å². The van der Waals surface area contributed by atoms with Crippen molar-refractivity contribution in [3.8, 4) is 0 Å². The highest BCUT2D eigenvalue weighted by Gasteiger charge is 2.28. The molecule has 0 spiro atoms. The van der Waals surface area contributed by atoms with E-state index in [1.807, 2.05) is 12.1 Å². The average Bonchev–Trinajstić information content (AvgIpc) is 2.90. The maximum Gasteiger partial charge on any atom is 0.131 e. The van der Waals surface area contributed by atoms with Crippen molar-refractivity contribution in [1.82, 2.24) is 4.98 Å². The molecule has 2 rings (SSSR count). The third-order valence-electron chi connectivity index (χ3n) is 2.37. The Balaban J connectivity index is 2.21. The Morgan fingerprint density at radius 1 is 1.62 bits per heavy atom. The predicted octanol–water partition coefficient (Wildman–Crippen LogP) is 2.72. The summed E-state index contributed by atoms with van der Waals surface area (Å²) in [5, 5.41) is 0.580. The Bertz CT molecular complexity index is 297. The van der Waals surface area contributed by atoms with Crippen LogP contribution in [0.3, 0.4) is 0 Å². The zero-order valence-corrected chi connectivity index (χ0v) is 8.46. The molecule has 0 bridgehead atoms. The molecule has 13 heavy (non-hydrogen) atoms. The molecule has 0 saturated heterocycles. The van der Waals surface area contributed by atoms with E-state index >= 15 is 0 Å². The van der Waals surface area contributed by atoms with Crippen molar-refractivity contribution < 1.29 is 0 Å². The van der Waals surface area contributed by atoms with Crippen molar-refractivity contribution in [3.63, 3.8) is 0 Å². The molecule has 0 aromatic carbocycles. The standard InChI is InChI=1S/C10H13ClN2/c1-2-13(8-3-4-8)9-5-6-12-10(11)7-9/h5-8H,2-4H2,1H3. The number of halogens is 1. The van der Waals surface area contributed by atoms with Crippen LogP contribution in [0.5, 0.6) is 0 Å². The summed E-state index contributed by atoms with van der Waals surface area (Å²) in [6, 6.07) is 4.69. The zero-order valence-electron chi connectivity index (χ0n) is 7.70. The topological polar surface area (TPSA) is 16.1 Å². The van der Waals surface area contributed by atoms with E-state index in [9.17, 15) is 0 Å². The maximum absolute atomic E-state index is 5.83. The van der Waals surface area contributed by atoms with Gasteiger partial charge in [-0.15, -0.1) is 0 Å². The van der Waals surface area contributed by atoms with Gasteiger partial charge in [-0.3, -0.25) is 0 Å². The number of aromatic nitrogens is 1. The van der Waals surface area contributed by atoms with Crippen LogP contribution in [0.2, 0.25) is 5.15 Å². The van der Waals surface area contributed by atoms with Crippen LogP contribution in [0.15, 0.2) is 18.3 Å². The second kappa shape index (κ2) is 3.54. The summed E-state index contributed by atoms with van der Waals surface area (Å²) < 4.78 is 0. The summed E-state index contributed by atoms with van der Waals surface area (Å²) in [6.07, 6.45) is 4.39. The number of rotatable bonds is 3. The maximum atomic E-state index is 5.83. The molecule has 0 aliphatic heterocycles. The fraction of sp³-hybridized carbons (Fsp3) is 0.500. The predicted molar refractivity (Wildman–Crippen MR) is 55.3 cm³/mol. The Kier molecular flexibility index (Phi) is 2.40. The lowest BCUT2D eigenvalue weighted by atomic mass is 10.3. The van der Waals surface area contributed by atoms with Crippen LogP contribution in [-0.4, -0.2) is 17.6 Å². The van der Waals surface area contributed by atoms with Gasteiger partial charge in [0.15, 0.2) is 0 Å². The van der Waals surface area contributed by atoms with Gasteiger partial charge >= 0.3 is 0 Å². The van der Waals surface area contributed by atoms with Gasteiger partial charge in [0, 0.05) is 24.5 Å². The van der Waals surface area contributed by atoms with E-state index in [0.717, 1.165) is 12.6 Å². The molecule has 0 atom stereocenters. The molecule has 0 N–H and O–H groups in total. The fourth-order valence-corrected chi connectivity index (χ4v) is 1.78. The van der Waals surface area contributed by atoms with Crippen LogP contribution in [0.1, 0.15) is 19.8 Å². The number of pyridine rings is 1. The van der Waals surface area contributed by atoms with E-state index in [1.54, 1.807) is 6.20 Å². The van der Waals surface area contributed by atoms with Gasteiger partial charge in [-0.25, -0.2) is 4.98 Å².